The van der Waals surface area contributed by atoms with Crippen LogP contribution >= 0.6 is 0 Å². The van der Waals surface area contributed by atoms with Crippen molar-refractivity contribution in [3.8, 4) is 0 Å². The Bertz CT molecular complexity index is 582. The molecule has 3 aliphatic rings. The van der Waals surface area contributed by atoms with E-state index in [-0.39, 0.29) is 22.6 Å². The fraction of sp³-hybridized carbons (Fsp3) is 0.800. The highest BCUT2D eigenvalue weighted by Gasteiger charge is 2.69. The molecular formula is C20H30O3. The van der Waals surface area contributed by atoms with Gasteiger partial charge in [-0.15, -0.1) is 0 Å². The first-order valence-corrected chi connectivity index (χ1v) is 8.98. The molecule has 3 aliphatic carbocycles. The van der Waals surface area contributed by atoms with E-state index < -0.39 is 5.41 Å². The number of esters is 1. The number of Topliss-reactive ketones (excluding diaryl/α,β-unsaturated/α-hetero) is 1. The molecule has 3 fully saturated rings. The lowest BCUT2D eigenvalue weighted by Gasteiger charge is -2.35. The highest BCUT2D eigenvalue weighted by Crippen LogP contribution is 2.64. The molecule has 3 atom stereocenters. The van der Waals surface area contributed by atoms with Gasteiger partial charge in [-0.2, -0.15) is 0 Å². The second-order valence-electron chi connectivity index (χ2n) is 9.16. The van der Waals surface area contributed by atoms with Crippen molar-refractivity contribution in [3.63, 3.8) is 0 Å². The molecule has 0 aromatic rings. The van der Waals surface area contributed by atoms with Crippen LogP contribution in [0.4, 0.5) is 0 Å². The van der Waals surface area contributed by atoms with Crippen molar-refractivity contribution < 1.29 is 14.3 Å². The summed E-state index contributed by atoms with van der Waals surface area (Å²) < 4.78 is 5.79. The molecule has 3 heteroatoms. The molecule has 2 bridgehead atoms. The summed E-state index contributed by atoms with van der Waals surface area (Å²) in [6, 6.07) is 0. The molecular weight excluding hydrogens is 288 g/mol. The number of carbonyl (C=O) groups is 2. The largest absolute Gasteiger partial charge is 0.464 e. The summed E-state index contributed by atoms with van der Waals surface area (Å²) in [5, 5.41) is 0. The number of rotatable bonds is 3. The lowest BCUT2D eigenvalue weighted by Crippen LogP contribution is -2.45. The Balaban J connectivity index is 1.71. The molecule has 0 aliphatic heterocycles. The monoisotopic (exact) mass is 318 g/mol. The summed E-state index contributed by atoms with van der Waals surface area (Å²) in [6.45, 7) is 11.1. The zero-order valence-electron chi connectivity index (χ0n) is 15.3. The molecule has 0 aromatic carbocycles. The van der Waals surface area contributed by atoms with Crippen LogP contribution < -0.4 is 0 Å². The Morgan fingerprint density at radius 1 is 1.22 bits per heavy atom. The van der Waals surface area contributed by atoms with E-state index >= 15 is 0 Å². The minimum atomic E-state index is -0.869. The van der Waals surface area contributed by atoms with Gasteiger partial charge in [0.25, 0.3) is 0 Å². The van der Waals surface area contributed by atoms with Crippen LogP contribution in [0.3, 0.4) is 0 Å². The van der Waals surface area contributed by atoms with Gasteiger partial charge >= 0.3 is 5.97 Å². The summed E-state index contributed by atoms with van der Waals surface area (Å²) >= 11 is 0. The first-order chi connectivity index (χ1) is 10.6. The average Bonchev–Trinajstić information content (AvgIpc) is 3.04. The minimum Gasteiger partial charge on any atom is -0.464 e. The summed E-state index contributed by atoms with van der Waals surface area (Å²) in [5.41, 5.74) is 1.81. The molecule has 0 radical (unpaired) electrons. The number of ether oxygens (including phenoxy) is 1. The van der Waals surface area contributed by atoms with Crippen molar-refractivity contribution in [2.75, 3.05) is 6.61 Å². The second kappa shape index (κ2) is 5.19. The lowest BCUT2D eigenvalue weighted by atomic mass is 9.69. The van der Waals surface area contributed by atoms with E-state index in [2.05, 4.69) is 34.6 Å². The number of hydrogen-bond donors (Lipinski definition) is 0. The van der Waals surface area contributed by atoms with Gasteiger partial charge in [-0.25, -0.2) is 0 Å². The Kier molecular flexibility index (Phi) is 3.77. The second-order valence-corrected chi connectivity index (χ2v) is 9.16. The molecule has 0 heterocycles. The number of fused-ring (bicyclic) bond motifs is 2. The predicted molar refractivity (Wildman–Crippen MR) is 89.9 cm³/mol. The number of ketones is 1. The van der Waals surface area contributed by atoms with Crippen LogP contribution in [-0.2, 0) is 14.3 Å². The van der Waals surface area contributed by atoms with Crippen LogP contribution in [0.25, 0.3) is 0 Å². The van der Waals surface area contributed by atoms with Crippen molar-refractivity contribution in [3.05, 3.63) is 11.1 Å². The Hall–Kier alpha value is -1.12. The van der Waals surface area contributed by atoms with Crippen LogP contribution in [0.15, 0.2) is 11.1 Å². The molecule has 3 rings (SSSR count). The van der Waals surface area contributed by atoms with Crippen molar-refractivity contribution in [1.29, 1.82) is 0 Å². The smallest absolute Gasteiger partial charge is 0.320 e. The SMILES string of the molecule is CC(C)=C1CC[C@](C)(COC(=O)[C@@]23CC[C@@H](CC2=O)C3(C)C)C1. The van der Waals surface area contributed by atoms with E-state index in [0.717, 1.165) is 25.7 Å². The van der Waals surface area contributed by atoms with Crippen LogP contribution in [0.2, 0.25) is 0 Å². The Morgan fingerprint density at radius 3 is 2.39 bits per heavy atom. The standard InChI is InChI=1S/C20H30O3/c1-13(2)14-6-8-19(5,11-14)12-23-17(22)20-9-7-15(10-16(20)21)18(20,3)4/h15H,6-12H2,1-5H3/t15-,19-,20+/m0/s1. The van der Waals surface area contributed by atoms with Crippen LogP contribution in [0.1, 0.15) is 73.1 Å². The summed E-state index contributed by atoms with van der Waals surface area (Å²) in [7, 11) is 0. The maximum absolute atomic E-state index is 12.9. The third-order valence-corrected chi connectivity index (χ3v) is 7.17. The van der Waals surface area contributed by atoms with E-state index in [1.807, 2.05) is 0 Å². The fourth-order valence-electron chi connectivity index (χ4n) is 5.21. The van der Waals surface area contributed by atoms with Crippen LogP contribution in [0.5, 0.6) is 0 Å². The number of hydrogen-bond acceptors (Lipinski definition) is 3. The normalized spacial score (nSPS) is 38.2. The van der Waals surface area contributed by atoms with Crippen molar-refractivity contribution in [1.82, 2.24) is 0 Å². The highest BCUT2D eigenvalue weighted by molar-refractivity contribution is 6.07. The van der Waals surface area contributed by atoms with E-state index in [4.69, 9.17) is 4.74 Å². The van der Waals surface area contributed by atoms with Gasteiger partial charge in [0.1, 0.15) is 5.41 Å². The molecule has 0 N–H and O–H groups in total. The molecule has 23 heavy (non-hydrogen) atoms. The van der Waals surface area contributed by atoms with Crippen molar-refractivity contribution >= 4 is 11.8 Å². The van der Waals surface area contributed by atoms with Gasteiger partial charge in [0.15, 0.2) is 5.78 Å². The maximum Gasteiger partial charge on any atom is 0.320 e. The molecule has 128 valence electrons. The van der Waals surface area contributed by atoms with Crippen molar-refractivity contribution in [2.24, 2.45) is 22.2 Å². The summed E-state index contributed by atoms with van der Waals surface area (Å²) in [6.07, 6.45) is 5.39. The number of carbonyl (C=O) groups excluding carboxylic acids is 2. The quantitative estimate of drug-likeness (QED) is 0.438. The first-order valence-electron chi connectivity index (χ1n) is 8.98. The summed E-state index contributed by atoms with van der Waals surface area (Å²) in [4.78, 5) is 25.4. The van der Waals surface area contributed by atoms with Gasteiger partial charge in [-0.1, -0.05) is 31.9 Å². The molecule has 0 unspecified atom stereocenters. The van der Waals surface area contributed by atoms with Gasteiger partial charge < -0.3 is 4.74 Å². The Morgan fingerprint density at radius 2 is 1.91 bits per heavy atom. The average molecular weight is 318 g/mol. The maximum atomic E-state index is 12.9. The van der Waals surface area contributed by atoms with E-state index in [0.29, 0.717) is 25.4 Å². The summed E-state index contributed by atoms with van der Waals surface area (Å²) in [5.74, 6) is 0.214. The minimum absolute atomic E-state index is 0.0305. The zero-order valence-corrected chi connectivity index (χ0v) is 15.3. The molecule has 0 amide bonds. The van der Waals surface area contributed by atoms with E-state index in [1.165, 1.54) is 11.1 Å². The van der Waals surface area contributed by atoms with Gasteiger partial charge in [0.2, 0.25) is 0 Å². The highest BCUT2D eigenvalue weighted by atomic mass is 16.5. The molecule has 3 saturated carbocycles. The van der Waals surface area contributed by atoms with Crippen LogP contribution in [-0.4, -0.2) is 18.4 Å². The van der Waals surface area contributed by atoms with Gasteiger partial charge in [0, 0.05) is 11.8 Å². The van der Waals surface area contributed by atoms with E-state index in [1.54, 1.807) is 0 Å². The van der Waals surface area contributed by atoms with Gasteiger partial charge in [-0.05, 0) is 57.3 Å². The number of allylic oxidation sites excluding steroid dienone is 2. The van der Waals surface area contributed by atoms with Crippen LogP contribution in [0, 0.1) is 22.2 Å². The molecule has 0 saturated heterocycles. The third-order valence-electron chi connectivity index (χ3n) is 7.17. The third kappa shape index (κ3) is 2.30. The van der Waals surface area contributed by atoms with Crippen molar-refractivity contribution in [2.45, 2.75) is 73.1 Å². The Labute approximate surface area is 139 Å². The van der Waals surface area contributed by atoms with E-state index in [9.17, 15) is 9.59 Å². The zero-order chi connectivity index (χ0) is 17.0. The molecule has 3 nitrogen and oxygen atoms in total. The lowest BCUT2D eigenvalue weighted by molar-refractivity contribution is -0.167. The predicted octanol–water partition coefficient (Wildman–Crippen LogP) is 4.45. The first kappa shape index (κ1) is 16.7. The molecule has 0 spiro atoms. The van der Waals surface area contributed by atoms with Gasteiger partial charge in [-0.3, -0.25) is 9.59 Å². The van der Waals surface area contributed by atoms with Gasteiger partial charge in [0.05, 0.1) is 6.61 Å². The fourth-order valence-corrected chi connectivity index (χ4v) is 5.21. The molecule has 0 aromatic heterocycles. The topological polar surface area (TPSA) is 43.4 Å².